The van der Waals surface area contributed by atoms with Crippen LogP contribution in [0.2, 0.25) is 0 Å². The molecule has 0 bridgehead atoms. The van der Waals surface area contributed by atoms with Gasteiger partial charge in [-0.1, -0.05) is 22.6 Å². The highest BCUT2D eigenvalue weighted by atomic mass is 127. The van der Waals surface area contributed by atoms with E-state index >= 15 is 0 Å². The molecule has 0 aromatic carbocycles. The number of rotatable bonds is 2. The molecule has 5 heteroatoms. The summed E-state index contributed by atoms with van der Waals surface area (Å²) < 4.78 is 28.7. The van der Waals surface area contributed by atoms with E-state index in [1.807, 2.05) is 10.7 Å². The molecule has 1 fully saturated rings. The average Bonchev–Trinajstić information content (AvgIpc) is 2.65. The summed E-state index contributed by atoms with van der Waals surface area (Å²) in [4.78, 5) is 0. The topological polar surface area (TPSA) is 17.8 Å². The van der Waals surface area contributed by atoms with Crippen LogP contribution in [0.15, 0.2) is 12.3 Å². The van der Waals surface area contributed by atoms with Crippen LogP contribution in [-0.2, 0) is 4.43 Å². The van der Waals surface area contributed by atoms with Gasteiger partial charge in [-0.2, -0.15) is 5.10 Å². The molecule has 1 aromatic heterocycles. The summed E-state index contributed by atoms with van der Waals surface area (Å²) >= 11 is 2.27. The lowest BCUT2D eigenvalue weighted by molar-refractivity contribution is -0.0451. The summed E-state index contributed by atoms with van der Waals surface area (Å²) in [6.45, 7) is 0. The fourth-order valence-electron chi connectivity index (χ4n) is 2.05. The highest BCUT2D eigenvalue weighted by Crippen LogP contribution is 2.38. The summed E-state index contributed by atoms with van der Waals surface area (Å²) in [6, 6.07) is 2.13. The lowest BCUT2D eigenvalue weighted by Crippen LogP contribution is -2.27. The van der Waals surface area contributed by atoms with E-state index in [-0.39, 0.29) is 18.9 Å². The first kappa shape index (κ1) is 11.3. The first-order valence-electron chi connectivity index (χ1n) is 5.08. The molecule has 1 saturated carbocycles. The third-order valence-electron chi connectivity index (χ3n) is 2.92. The third-order valence-corrected chi connectivity index (χ3v) is 3.70. The smallest absolute Gasteiger partial charge is 0.248 e. The van der Waals surface area contributed by atoms with Gasteiger partial charge in [0.1, 0.15) is 0 Å². The number of hydrogen-bond donors (Lipinski definition) is 0. The summed E-state index contributed by atoms with van der Waals surface area (Å²) in [5.74, 6) is -2.45. The van der Waals surface area contributed by atoms with E-state index < -0.39 is 5.92 Å². The fourth-order valence-corrected chi connectivity index (χ4v) is 2.65. The Balaban J connectivity index is 2.07. The van der Waals surface area contributed by atoms with Crippen molar-refractivity contribution in [1.82, 2.24) is 9.78 Å². The maximum Gasteiger partial charge on any atom is 0.248 e. The van der Waals surface area contributed by atoms with Crippen molar-refractivity contribution < 1.29 is 8.78 Å². The van der Waals surface area contributed by atoms with Crippen molar-refractivity contribution in [1.29, 1.82) is 0 Å². The molecule has 0 aliphatic heterocycles. The minimum atomic E-state index is -2.45. The van der Waals surface area contributed by atoms with Gasteiger partial charge in [0, 0.05) is 29.2 Å². The zero-order valence-corrected chi connectivity index (χ0v) is 10.5. The molecule has 1 aliphatic carbocycles. The molecule has 0 unspecified atom stereocenters. The first-order chi connectivity index (χ1) is 7.12. The summed E-state index contributed by atoms with van der Waals surface area (Å²) in [6.07, 6.45) is 2.83. The van der Waals surface area contributed by atoms with Crippen LogP contribution in [0.3, 0.4) is 0 Å². The maximum atomic E-state index is 13.0. The molecule has 1 aliphatic rings. The summed E-state index contributed by atoms with van der Waals surface area (Å²) in [5.41, 5.74) is 1.13. The van der Waals surface area contributed by atoms with Crippen LogP contribution in [0.5, 0.6) is 0 Å². The molecule has 15 heavy (non-hydrogen) atoms. The minimum absolute atomic E-state index is 0.00177. The number of alkyl halides is 3. The van der Waals surface area contributed by atoms with Crippen molar-refractivity contribution in [2.45, 2.75) is 42.1 Å². The molecule has 0 N–H and O–H groups in total. The Morgan fingerprint density at radius 1 is 1.47 bits per heavy atom. The van der Waals surface area contributed by atoms with Gasteiger partial charge >= 0.3 is 0 Å². The quantitative estimate of drug-likeness (QED) is 0.600. The highest BCUT2D eigenvalue weighted by molar-refractivity contribution is 14.1. The van der Waals surface area contributed by atoms with Crippen molar-refractivity contribution in [2.75, 3.05) is 0 Å². The second kappa shape index (κ2) is 4.35. The van der Waals surface area contributed by atoms with Crippen molar-refractivity contribution in [3.05, 3.63) is 18.0 Å². The predicted molar refractivity (Wildman–Crippen MR) is 62.4 cm³/mol. The molecule has 0 radical (unpaired) electrons. The Kier molecular flexibility index (Phi) is 3.27. The molecule has 2 rings (SSSR count). The van der Waals surface area contributed by atoms with Crippen molar-refractivity contribution in [3.8, 4) is 0 Å². The molecule has 0 amide bonds. The van der Waals surface area contributed by atoms with Gasteiger partial charge in [-0.15, -0.1) is 0 Å². The van der Waals surface area contributed by atoms with Crippen molar-refractivity contribution in [2.24, 2.45) is 0 Å². The molecule has 0 atom stereocenters. The molecular weight excluding hydrogens is 313 g/mol. The van der Waals surface area contributed by atoms with Gasteiger partial charge in [-0.3, -0.25) is 4.68 Å². The van der Waals surface area contributed by atoms with Crippen LogP contribution in [0.4, 0.5) is 8.78 Å². The van der Waals surface area contributed by atoms with Crippen LogP contribution in [-0.4, -0.2) is 15.7 Å². The van der Waals surface area contributed by atoms with Gasteiger partial charge in [0.2, 0.25) is 5.92 Å². The molecule has 0 spiro atoms. The van der Waals surface area contributed by atoms with Crippen LogP contribution >= 0.6 is 22.6 Å². The van der Waals surface area contributed by atoms with E-state index in [9.17, 15) is 8.78 Å². The molecule has 1 aromatic rings. The predicted octanol–water partition coefficient (Wildman–Crippen LogP) is 3.57. The van der Waals surface area contributed by atoms with Gasteiger partial charge in [0.15, 0.2) is 0 Å². The first-order valence-corrected chi connectivity index (χ1v) is 6.61. The van der Waals surface area contributed by atoms with E-state index in [1.165, 1.54) is 0 Å². The monoisotopic (exact) mass is 326 g/mol. The van der Waals surface area contributed by atoms with E-state index in [0.717, 1.165) is 10.1 Å². The lowest BCUT2D eigenvalue weighted by atomic mass is 9.92. The Hall–Kier alpha value is -0.200. The van der Waals surface area contributed by atoms with Gasteiger partial charge in [0.05, 0.1) is 6.04 Å². The second-order valence-electron chi connectivity index (χ2n) is 3.99. The number of nitrogens with zero attached hydrogens (tertiary/aromatic N) is 2. The SMILES string of the molecule is FC1(F)CCC(n2nccc2CI)CC1. The highest BCUT2D eigenvalue weighted by Gasteiger charge is 2.36. The van der Waals surface area contributed by atoms with Crippen molar-refractivity contribution >= 4 is 22.6 Å². The Morgan fingerprint density at radius 3 is 2.73 bits per heavy atom. The van der Waals surface area contributed by atoms with E-state index in [1.54, 1.807) is 6.20 Å². The van der Waals surface area contributed by atoms with Crippen molar-refractivity contribution in [3.63, 3.8) is 0 Å². The van der Waals surface area contributed by atoms with Crippen LogP contribution < -0.4 is 0 Å². The van der Waals surface area contributed by atoms with Gasteiger partial charge in [-0.05, 0) is 18.9 Å². The fraction of sp³-hybridized carbons (Fsp3) is 0.700. The zero-order valence-electron chi connectivity index (χ0n) is 8.30. The molecule has 1 heterocycles. The molecular formula is C10H13F2IN2. The van der Waals surface area contributed by atoms with Gasteiger partial charge < -0.3 is 0 Å². The standard InChI is InChI=1S/C10H13F2IN2/c11-10(12)4-1-8(2-5-10)15-9(7-13)3-6-14-15/h3,6,8H,1-2,4-5,7H2. The number of halogens is 3. The van der Waals surface area contributed by atoms with Gasteiger partial charge in [0.25, 0.3) is 0 Å². The molecule has 84 valence electrons. The third kappa shape index (κ3) is 2.49. The average molecular weight is 326 g/mol. The number of aromatic nitrogens is 2. The summed E-state index contributed by atoms with van der Waals surface area (Å²) in [7, 11) is 0. The van der Waals surface area contributed by atoms with Crippen LogP contribution in [0, 0.1) is 0 Å². The van der Waals surface area contributed by atoms with Crippen LogP contribution in [0.25, 0.3) is 0 Å². The minimum Gasteiger partial charge on any atom is -0.266 e. The van der Waals surface area contributed by atoms with E-state index in [2.05, 4.69) is 27.7 Å². The normalized spacial score (nSPS) is 21.8. The Bertz CT molecular complexity index is 328. The Labute approximate surface area is 101 Å². The maximum absolute atomic E-state index is 13.0. The zero-order chi connectivity index (χ0) is 10.9. The molecule has 0 saturated heterocycles. The van der Waals surface area contributed by atoms with E-state index in [4.69, 9.17) is 0 Å². The molecule has 2 nitrogen and oxygen atoms in total. The number of hydrogen-bond acceptors (Lipinski definition) is 1. The second-order valence-corrected chi connectivity index (χ2v) is 4.75. The van der Waals surface area contributed by atoms with E-state index in [0.29, 0.717) is 12.8 Å². The Morgan fingerprint density at radius 2 is 2.13 bits per heavy atom. The lowest BCUT2D eigenvalue weighted by Gasteiger charge is -2.29. The van der Waals surface area contributed by atoms with Crippen LogP contribution in [0.1, 0.15) is 37.4 Å². The largest absolute Gasteiger partial charge is 0.266 e. The van der Waals surface area contributed by atoms with Gasteiger partial charge in [-0.25, -0.2) is 8.78 Å². The summed E-state index contributed by atoms with van der Waals surface area (Å²) in [5, 5.41) is 4.23.